The molecule has 2 fully saturated rings. The van der Waals surface area contributed by atoms with Crippen LogP contribution in [0.15, 0.2) is 36.9 Å². The summed E-state index contributed by atoms with van der Waals surface area (Å²) in [6.07, 6.45) is 3.06. The van der Waals surface area contributed by atoms with E-state index in [1.807, 2.05) is 4.90 Å². The first-order valence-electron chi connectivity index (χ1n) is 13.9. The summed E-state index contributed by atoms with van der Waals surface area (Å²) in [5.41, 5.74) is -0.556. The molecule has 2 aromatic rings. The Morgan fingerprint density at radius 3 is 2.70 bits per heavy atom. The van der Waals surface area contributed by atoms with Gasteiger partial charge in [0, 0.05) is 43.3 Å². The second kappa shape index (κ2) is 10.8. The molecule has 3 aliphatic rings. The van der Waals surface area contributed by atoms with Gasteiger partial charge in [0.25, 0.3) is 5.91 Å². The van der Waals surface area contributed by atoms with Crippen molar-refractivity contribution in [1.29, 1.82) is 0 Å². The molecular formula is C30H37F2N5O3. The van der Waals surface area contributed by atoms with E-state index in [1.54, 1.807) is 15.9 Å². The van der Waals surface area contributed by atoms with Crippen molar-refractivity contribution >= 4 is 17.6 Å². The molecule has 8 nitrogen and oxygen atoms in total. The molecule has 0 bridgehead atoms. The summed E-state index contributed by atoms with van der Waals surface area (Å²) < 4.78 is 37.3. The zero-order chi connectivity index (χ0) is 28.8. The fraction of sp³-hybridized carbons (Fsp3) is 0.500. The van der Waals surface area contributed by atoms with Gasteiger partial charge in [-0.2, -0.15) is 0 Å². The van der Waals surface area contributed by atoms with Gasteiger partial charge in [0.15, 0.2) is 11.6 Å². The highest BCUT2D eigenvalue weighted by atomic mass is 19.1. The Hall–Kier alpha value is -3.53. The molecule has 2 atom stereocenters. The van der Waals surface area contributed by atoms with Gasteiger partial charge in [-0.25, -0.2) is 13.8 Å². The first-order chi connectivity index (χ1) is 19.1. The predicted molar refractivity (Wildman–Crippen MR) is 149 cm³/mol. The molecule has 10 heteroatoms. The Kier molecular flexibility index (Phi) is 7.56. The zero-order valence-corrected chi connectivity index (χ0v) is 23.6. The number of aromatic nitrogens is 1. The van der Waals surface area contributed by atoms with Crippen molar-refractivity contribution in [2.75, 3.05) is 51.3 Å². The molecule has 214 valence electrons. The van der Waals surface area contributed by atoms with Crippen LogP contribution in [0.3, 0.4) is 0 Å². The van der Waals surface area contributed by atoms with E-state index in [-0.39, 0.29) is 54.2 Å². The number of nitrogens with zero attached hydrogens (tertiary/aromatic N) is 5. The Labute approximate surface area is 234 Å². The molecule has 5 rings (SSSR count). The highest BCUT2D eigenvalue weighted by molar-refractivity contribution is 6.03. The van der Waals surface area contributed by atoms with Gasteiger partial charge < -0.3 is 24.3 Å². The first kappa shape index (κ1) is 28.0. The number of hydrogen-bond donors (Lipinski definition) is 0. The highest BCUT2D eigenvalue weighted by Gasteiger charge is 2.46. The Morgan fingerprint density at radius 1 is 1.25 bits per heavy atom. The molecule has 4 heterocycles. The SMILES string of the molecule is C=CC(=O)N1CCN2C(=O)c3c(N4CC(N(C)CCC)CC4(C)C)nc(-c4ccccc4F)c(F)c3OC[C@H]2C1. The number of rotatable bonds is 6. The van der Waals surface area contributed by atoms with E-state index in [2.05, 4.69) is 39.3 Å². The maximum atomic E-state index is 16.2. The molecule has 2 amide bonds. The monoisotopic (exact) mass is 553 g/mol. The summed E-state index contributed by atoms with van der Waals surface area (Å²) in [6.45, 7) is 12.2. The number of fused-ring (bicyclic) bond motifs is 2. The number of likely N-dealkylation sites (N-methyl/N-ethyl adjacent to an activating group) is 1. The van der Waals surface area contributed by atoms with Crippen LogP contribution in [0.2, 0.25) is 0 Å². The van der Waals surface area contributed by atoms with Crippen molar-refractivity contribution < 1.29 is 23.1 Å². The summed E-state index contributed by atoms with van der Waals surface area (Å²) in [6, 6.07) is 5.61. The van der Waals surface area contributed by atoms with Crippen molar-refractivity contribution in [2.45, 2.75) is 51.2 Å². The van der Waals surface area contributed by atoms with E-state index in [9.17, 15) is 14.0 Å². The van der Waals surface area contributed by atoms with Crippen LogP contribution in [0.25, 0.3) is 11.3 Å². The number of ether oxygens (including phenoxy) is 1. The highest BCUT2D eigenvalue weighted by Crippen LogP contribution is 2.44. The number of pyridine rings is 1. The average Bonchev–Trinajstić information content (AvgIpc) is 3.18. The minimum absolute atomic E-state index is 0.00137. The van der Waals surface area contributed by atoms with Crippen molar-refractivity contribution in [1.82, 2.24) is 19.7 Å². The van der Waals surface area contributed by atoms with Gasteiger partial charge in [-0.05, 0) is 58.5 Å². The Bertz CT molecular complexity index is 1330. The van der Waals surface area contributed by atoms with Gasteiger partial charge >= 0.3 is 0 Å². The molecule has 3 aliphatic heterocycles. The molecular weight excluding hydrogens is 516 g/mol. The maximum Gasteiger partial charge on any atom is 0.262 e. The molecule has 0 radical (unpaired) electrons. The molecule has 1 aromatic heterocycles. The van der Waals surface area contributed by atoms with Gasteiger partial charge in [-0.1, -0.05) is 25.6 Å². The maximum absolute atomic E-state index is 16.2. The summed E-state index contributed by atoms with van der Waals surface area (Å²) in [5, 5.41) is 0. The van der Waals surface area contributed by atoms with Crippen LogP contribution in [0.4, 0.5) is 14.6 Å². The van der Waals surface area contributed by atoms with Crippen LogP contribution >= 0.6 is 0 Å². The Morgan fingerprint density at radius 2 is 2.00 bits per heavy atom. The lowest BCUT2D eigenvalue weighted by atomic mass is 9.98. The van der Waals surface area contributed by atoms with Crippen LogP contribution in [-0.2, 0) is 4.79 Å². The topological polar surface area (TPSA) is 69.2 Å². The minimum atomic E-state index is -0.868. The Balaban J connectivity index is 1.65. The van der Waals surface area contributed by atoms with Crippen molar-refractivity contribution in [2.24, 2.45) is 0 Å². The largest absolute Gasteiger partial charge is 0.487 e. The van der Waals surface area contributed by atoms with E-state index in [0.29, 0.717) is 18.9 Å². The van der Waals surface area contributed by atoms with Gasteiger partial charge in [-0.3, -0.25) is 9.59 Å². The van der Waals surface area contributed by atoms with Gasteiger partial charge in [0.2, 0.25) is 5.91 Å². The zero-order valence-electron chi connectivity index (χ0n) is 23.6. The summed E-state index contributed by atoms with van der Waals surface area (Å²) in [4.78, 5) is 38.8. The number of hydrogen-bond acceptors (Lipinski definition) is 6. The normalized spacial score (nSPS) is 22.1. The number of amides is 2. The fourth-order valence-corrected chi connectivity index (χ4v) is 6.22. The van der Waals surface area contributed by atoms with Crippen molar-refractivity contribution in [3.63, 3.8) is 0 Å². The van der Waals surface area contributed by atoms with E-state index in [4.69, 9.17) is 9.72 Å². The molecule has 0 spiro atoms. The first-order valence-corrected chi connectivity index (χ1v) is 13.9. The third-order valence-electron chi connectivity index (χ3n) is 8.38. The molecule has 1 aromatic carbocycles. The van der Waals surface area contributed by atoms with E-state index >= 15 is 4.39 Å². The fourth-order valence-electron chi connectivity index (χ4n) is 6.22. The molecule has 2 saturated heterocycles. The van der Waals surface area contributed by atoms with E-state index in [1.165, 1.54) is 24.3 Å². The van der Waals surface area contributed by atoms with Crippen LogP contribution in [0.5, 0.6) is 5.75 Å². The van der Waals surface area contributed by atoms with Gasteiger partial charge in [-0.15, -0.1) is 0 Å². The van der Waals surface area contributed by atoms with Gasteiger partial charge in [0.1, 0.15) is 29.5 Å². The lowest BCUT2D eigenvalue weighted by molar-refractivity contribution is -0.128. The molecule has 0 N–H and O–H groups in total. The number of anilines is 1. The lowest BCUT2D eigenvalue weighted by Gasteiger charge is -2.40. The quantitative estimate of drug-likeness (QED) is 0.505. The third kappa shape index (κ3) is 4.82. The summed E-state index contributed by atoms with van der Waals surface area (Å²) in [5.74, 6) is -2.03. The molecule has 40 heavy (non-hydrogen) atoms. The number of carbonyl (C=O) groups excluding carboxylic acids is 2. The summed E-state index contributed by atoms with van der Waals surface area (Å²) >= 11 is 0. The summed E-state index contributed by atoms with van der Waals surface area (Å²) in [7, 11) is 2.08. The van der Waals surface area contributed by atoms with Crippen molar-refractivity contribution in [3.05, 3.63) is 54.1 Å². The van der Waals surface area contributed by atoms with E-state index in [0.717, 1.165) is 19.4 Å². The van der Waals surface area contributed by atoms with E-state index < -0.39 is 29.1 Å². The second-order valence-electron chi connectivity index (χ2n) is 11.5. The molecule has 0 saturated carbocycles. The number of benzene rings is 1. The van der Waals surface area contributed by atoms with Gasteiger partial charge in [0.05, 0.1) is 6.04 Å². The molecule has 0 aliphatic carbocycles. The molecule has 1 unspecified atom stereocenters. The standard InChI is InChI=1S/C30H37F2N5O3/c1-6-12-34(5)19-15-30(3,4)37(17-19)28-24-27(25(32)26(33-28)21-10-8-9-11-22(21)31)40-18-20-16-35(23(38)7-2)13-14-36(20)29(24)39/h7-11,19-20H,2,6,12-18H2,1,3-5H3/t19?,20-/m1/s1. The smallest absolute Gasteiger partial charge is 0.262 e. The predicted octanol–water partition coefficient (Wildman–Crippen LogP) is 3.96. The van der Waals surface area contributed by atoms with Crippen LogP contribution in [0.1, 0.15) is 44.0 Å². The van der Waals surface area contributed by atoms with Crippen LogP contribution in [0, 0.1) is 11.6 Å². The third-order valence-corrected chi connectivity index (χ3v) is 8.38. The van der Waals surface area contributed by atoms with Crippen LogP contribution < -0.4 is 9.64 Å². The number of carbonyl (C=O) groups is 2. The minimum Gasteiger partial charge on any atom is -0.487 e. The van der Waals surface area contributed by atoms with Crippen molar-refractivity contribution in [3.8, 4) is 17.0 Å². The van der Waals surface area contributed by atoms with Crippen LogP contribution in [-0.4, -0.2) is 95.5 Å². The lowest BCUT2D eigenvalue weighted by Crippen LogP contribution is -2.57. The number of halogens is 2. The average molecular weight is 554 g/mol. The number of piperazine rings is 1. The second-order valence-corrected chi connectivity index (χ2v) is 11.5.